The van der Waals surface area contributed by atoms with Crippen molar-refractivity contribution in [1.82, 2.24) is 9.97 Å². The van der Waals surface area contributed by atoms with Crippen molar-refractivity contribution in [2.45, 2.75) is 32.6 Å². The topological polar surface area (TPSA) is 61.3 Å². The normalized spacial score (nSPS) is 13.6. The summed E-state index contributed by atoms with van der Waals surface area (Å²) >= 11 is 0. The van der Waals surface area contributed by atoms with E-state index in [0.717, 1.165) is 24.1 Å². The first-order valence-electron chi connectivity index (χ1n) is 8.11. The van der Waals surface area contributed by atoms with Gasteiger partial charge in [-0.3, -0.25) is 0 Å². The second-order valence-electron chi connectivity index (χ2n) is 5.55. The van der Waals surface area contributed by atoms with Crippen LogP contribution in [-0.2, 0) is 4.74 Å². The summed E-state index contributed by atoms with van der Waals surface area (Å²) in [6.07, 6.45) is 2.00. The Kier molecular flexibility index (Phi) is 4.74. The minimum atomic E-state index is -0.541. The molecule has 1 saturated carbocycles. The molecule has 1 fully saturated rings. The summed E-state index contributed by atoms with van der Waals surface area (Å²) in [6, 6.07) is 6.08. The zero-order valence-electron chi connectivity index (χ0n) is 13.7. The summed E-state index contributed by atoms with van der Waals surface area (Å²) in [5.74, 6) is -0.435. The van der Waals surface area contributed by atoms with E-state index < -0.39 is 5.97 Å². The summed E-state index contributed by atoms with van der Waals surface area (Å²) in [7, 11) is 0. The van der Waals surface area contributed by atoms with Crippen LogP contribution in [-0.4, -0.2) is 29.2 Å². The molecule has 0 radical (unpaired) electrons. The number of nitrogens with zero attached hydrogens (tertiary/aromatic N) is 2. The first kappa shape index (κ1) is 16.4. The molecule has 0 spiro atoms. The molecule has 1 aliphatic rings. The van der Waals surface area contributed by atoms with E-state index in [1.807, 2.05) is 6.92 Å². The van der Waals surface area contributed by atoms with Gasteiger partial charge in [0.25, 0.3) is 0 Å². The van der Waals surface area contributed by atoms with Crippen LogP contribution in [0.25, 0.3) is 11.3 Å². The number of carbonyl (C=O) groups is 1. The lowest BCUT2D eigenvalue weighted by Gasteiger charge is -2.13. The van der Waals surface area contributed by atoms with Crippen molar-refractivity contribution in [1.29, 1.82) is 0 Å². The highest BCUT2D eigenvalue weighted by molar-refractivity contribution is 5.90. The zero-order chi connectivity index (χ0) is 17.1. The number of benzene rings is 1. The van der Waals surface area contributed by atoms with E-state index in [1.165, 1.54) is 12.1 Å². The van der Waals surface area contributed by atoms with Crippen LogP contribution in [0.1, 0.15) is 48.8 Å². The molecule has 0 N–H and O–H groups in total. The Balaban J connectivity index is 2.12. The predicted molar refractivity (Wildman–Crippen MR) is 86.5 cm³/mol. The number of aromatic nitrogens is 2. The van der Waals surface area contributed by atoms with Gasteiger partial charge in [0.05, 0.1) is 24.6 Å². The number of hydrogen-bond acceptors (Lipinski definition) is 5. The molecule has 0 aliphatic heterocycles. The van der Waals surface area contributed by atoms with Crippen molar-refractivity contribution < 1.29 is 18.7 Å². The molecule has 6 heteroatoms. The minimum Gasteiger partial charge on any atom is -0.476 e. The zero-order valence-corrected chi connectivity index (χ0v) is 13.7. The maximum atomic E-state index is 13.2. The fraction of sp³-hybridized carbons (Fsp3) is 0.389. The average molecular weight is 330 g/mol. The molecular formula is C18H19FN2O3. The summed E-state index contributed by atoms with van der Waals surface area (Å²) in [5, 5.41) is 0. The lowest BCUT2D eigenvalue weighted by Crippen LogP contribution is -2.14. The molecule has 0 saturated heterocycles. The van der Waals surface area contributed by atoms with E-state index in [1.54, 1.807) is 19.1 Å². The monoisotopic (exact) mass is 330 g/mol. The van der Waals surface area contributed by atoms with E-state index in [9.17, 15) is 9.18 Å². The molecule has 0 atom stereocenters. The molecule has 0 amide bonds. The Morgan fingerprint density at radius 1 is 1.17 bits per heavy atom. The second kappa shape index (κ2) is 6.95. The summed E-state index contributed by atoms with van der Waals surface area (Å²) in [5.41, 5.74) is 2.23. The van der Waals surface area contributed by atoms with E-state index in [0.29, 0.717) is 12.3 Å². The molecule has 1 aliphatic carbocycles. The Hall–Kier alpha value is -2.50. The molecule has 0 bridgehead atoms. The Morgan fingerprint density at radius 3 is 2.46 bits per heavy atom. The second-order valence-corrected chi connectivity index (χ2v) is 5.55. The van der Waals surface area contributed by atoms with Gasteiger partial charge in [0.15, 0.2) is 0 Å². The SMILES string of the molecule is CCOC(=O)c1nc(C2CC2)c(-c2ccc(F)cc2)nc1OCC. The third-order valence-corrected chi connectivity index (χ3v) is 3.72. The molecule has 1 aromatic carbocycles. The van der Waals surface area contributed by atoms with Gasteiger partial charge in [-0.2, -0.15) is 0 Å². The van der Waals surface area contributed by atoms with Crippen molar-refractivity contribution in [2.75, 3.05) is 13.2 Å². The third-order valence-electron chi connectivity index (χ3n) is 3.72. The van der Waals surface area contributed by atoms with Gasteiger partial charge in [-0.25, -0.2) is 19.2 Å². The van der Waals surface area contributed by atoms with Crippen LogP contribution in [0.15, 0.2) is 24.3 Å². The van der Waals surface area contributed by atoms with E-state index in [4.69, 9.17) is 9.47 Å². The lowest BCUT2D eigenvalue weighted by molar-refractivity contribution is 0.0513. The maximum Gasteiger partial charge on any atom is 0.362 e. The van der Waals surface area contributed by atoms with Crippen LogP contribution in [0.5, 0.6) is 5.88 Å². The van der Waals surface area contributed by atoms with Crippen molar-refractivity contribution in [3.63, 3.8) is 0 Å². The molecule has 1 heterocycles. The van der Waals surface area contributed by atoms with E-state index in [-0.39, 0.29) is 29.9 Å². The van der Waals surface area contributed by atoms with Gasteiger partial charge in [0.2, 0.25) is 11.6 Å². The standard InChI is InChI=1S/C18H19FN2O3/c1-3-23-17-16(18(22)24-4-2)20-14(11-5-6-11)15(21-17)12-7-9-13(19)10-8-12/h7-11H,3-6H2,1-2H3. The number of ether oxygens (including phenoxy) is 2. The lowest BCUT2D eigenvalue weighted by atomic mass is 10.1. The van der Waals surface area contributed by atoms with Gasteiger partial charge >= 0.3 is 5.97 Å². The Morgan fingerprint density at radius 2 is 1.88 bits per heavy atom. The van der Waals surface area contributed by atoms with Crippen LogP contribution < -0.4 is 4.74 Å². The summed E-state index contributed by atoms with van der Waals surface area (Å²) in [6.45, 7) is 4.15. The van der Waals surface area contributed by atoms with Crippen LogP contribution in [0.3, 0.4) is 0 Å². The first-order chi connectivity index (χ1) is 11.6. The predicted octanol–water partition coefficient (Wildman–Crippen LogP) is 3.74. The quantitative estimate of drug-likeness (QED) is 0.755. The largest absolute Gasteiger partial charge is 0.476 e. The Bertz CT molecular complexity index is 743. The molecule has 24 heavy (non-hydrogen) atoms. The van der Waals surface area contributed by atoms with Crippen molar-refractivity contribution in [2.24, 2.45) is 0 Å². The number of hydrogen-bond donors (Lipinski definition) is 0. The van der Waals surface area contributed by atoms with Crippen LogP contribution >= 0.6 is 0 Å². The van der Waals surface area contributed by atoms with Gasteiger partial charge in [-0.1, -0.05) is 0 Å². The fourth-order valence-corrected chi connectivity index (χ4v) is 2.46. The maximum absolute atomic E-state index is 13.2. The highest BCUT2D eigenvalue weighted by Crippen LogP contribution is 2.43. The molecule has 5 nitrogen and oxygen atoms in total. The van der Waals surface area contributed by atoms with Gasteiger partial charge in [0, 0.05) is 11.5 Å². The van der Waals surface area contributed by atoms with E-state index >= 15 is 0 Å². The average Bonchev–Trinajstić information content (AvgIpc) is 3.40. The van der Waals surface area contributed by atoms with Crippen molar-refractivity contribution >= 4 is 5.97 Å². The van der Waals surface area contributed by atoms with Crippen LogP contribution in [0, 0.1) is 5.82 Å². The van der Waals surface area contributed by atoms with Crippen LogP contribution in [0.4, 0.5) is 4.39 Å². The van der Waals surface area contributed by atoms with E-state index in [2.05, 4.69) is 9.97 Å². The van der Waals surface area contributed by atoms with Crippen molar-refractivity contribution in [3.05, 3.63) is 41.5 Å². The van der Waals surface area contributed by atoms with Crippen LogP contribution in [0.2, 0.25) is 0 Å². The third kappa shape index (κ3) is 3.37. The fourth-order valence-electron chi connectivity index (χ4n) is 2.46. The summed E-state index contributed by atoms with van der Waals surface area (Å²) < 4.78 is 23.8. The van der Waals surface area contributed by atoms with Crippen molar-refractivity contribution in [3.8, 4) is 17.1 Å². The highest BCUT2D eigenvalue weighted by Gasteiger charge is 2.32. The van der Waals surface area contributed by atoms with Gasteiger partial charge in [0.1, 0.15) is 5.82 Å². The molecule has 1 aromatic heterocycles. The number of halogens is 1. The number of carbonyl (C=O) groups excluding carboxylic acids is 1. The minimum absolute atomic E-state index is 0.103. The molecular weight excluding hydrogens is 311 g/mol. The Labute approximate surface area is 139 Å². The smallest absolute Gasteiger partial charge is 0.362 e. The highest BCUT2D eigenvalue weighted by atomic mass is 19.1. The molecule has 126 valence electrons. The number of rotatable bonds is 6. The molecule has 0 unspecified atom stereocenters. The number of esters is 1. The summed E-state index contributed by atoms with van der Waals surface area (Å²) in [4.78, 5) is 21.2. The first-order valence-corrected chi connectivity index (χ1v) is 8.11. The van der Waals surface area contributed by atoms with Gasteiger partial charge in [-0.05, 0) is 51.0 Å². The molecule has 2 aromatic rings. The molecule has 3 rings (SSSR count). The van der Waals surface area contributed by atoms with Gasteiger partial charge < -0.3 is 9.47 Å². The van der Waals surface area contributed by atoms with Gasteiger partial charge in [-0.15, -0.1) is 0 Å².